The van der Waals surface area contributed by atoms with E-state index in [0.29, 0.717) is 17.7 Å². The first kappa shape index (κ1) is 11.5. The van der Waals surface area contributed by atoms with Crippen LogP contribution in [-0.2, 0) is 4.79 Å². The highest BCUT2D eigenvalue weighted by Crippen LogP contribution is 2.48. The highest BCUT2D eigenvalue weighted by molar-refractivity contribution is 5.79. The Labute approximate surface area is 104 Å². The summed E-state index contributed by atoms with van der Waals surface area (Å²) in [6.07, 6.45) is 7.60. The first-order valence-corrected chi connectivity index (χ1v) is 7.31. The third-order valence-corrected chi connectivity index (χ3v) is 5.09. The van der Waals surface area contributed by atoms with Gasteiger partial charge in [0.05, 0.1) is 0 Å². The van der Waals surface area contributed by atoms with E-state index in [4.69, 9.17) is 0 Å². The Morgan fingerprint density at radius 2 is 2.18 bits per heavy atom. The molecule has 2 aliphatic carbocycles. The molecular weight excluding hydrogens is 212 g/mol. The maximum absolute atomic E-state index is 12.1. The summed E-state index contributed by atoms with van der Waals surface area (Å²) in [7, 11) is 0. The van der Waals surface area contributed by atoms with E-state index in [1.807, 2.05) is 0 Å². The Hall–Kier alpha value is -0.570. The van der Waals surface area contributed by atoms with Gasteiger partial charge in [0.2, 0.25) is 5.91 Å². The molecule has 1 heterocycles. The van der Waals surface area contributed by atoms with Crippen molar-refractivity contribution in [2.75, 3.05) is 19.6 Å². The topological polar surface area (TPSA) is 41.1 Å². The quantitative estimate of drug-likeness (QED) is 0.777. The molecule has 2 bridgehead atoms. The molecule has 1 saturated heterocycles. The van der Waals surface area contributed by atoms with E-state index in [2.05, 4.69) is 10.6 Å². The second-order valence-electron chi connectivity index (χ2n) is 6.22. The number of hydrogen-bond donors (Lipinski definition) is 2. The van der Waals surface area contributed by atoms with Gasteiger partial charge in [-0.25, -0.2) is 0 Å². The molecule has 4 unspecified atom stereocenters. The first-order valence-electron chi connectivity index (χ1n) is 7.31. The van der Waals surface area contributed by atoms with E-state index < -0.39 is 0 Å². The largest absolute Gasteiger partial charge is 0.356 e. The lowest BCUT2D eigenvalue weighted by atomic mass is 9.88. The number of carbonyl (C=O) groups excluding carboxylic acids is 1. The SMILES string of the molecule is O=C(NCCC1CCNC1)C1CC2CCC1C2. The number of amides is 1. The lowest BCUT2D eigenvalue weighted by molar-refractivity contribution is -0.126. The van der Waals surface area contributed by atoms with Crippen LogP contribution in [0.15, 0.2) is 0 Å². The average Bonchev–Trinajstić information content (AvgIpc) is 3.05. The molecule has 0 aromatic heterocycles. The second kappa shape index (κ2) is 4.97. The first-order chi connectivity index (χ1) is 8.33. The van der Waals surface area contributed by atoms with Gasteiger partial charge in [0.25, 0.3) is 0 Å². The van der Waals surface area contributed by atoms with Crippen LogP contribution in [0.25, 0.3) is 0 Å². The van der Waals surface area contributed by atoms with Crippen molar-refractivity contribution in [2.45, 2.75) is 38.5 Å². The molecule has 0 radical (unpaired) electrons. The Morgan fingerprint density at radius 1 is 1.24 bits per heavy atom. The molecule has 4 atom stereocenters. The maximum Gasteiger partial charge on any atom is 0.223 e. The lowest BCUT2D eigenvalue weighted by Crippen LogP contribution is -2.34. The molecule has 0 aromatic carbocycles. The van der Waals surface area contributed by atoms with Crippen molar-refractivity contribution in [2.24, 2.45) is 23.7 Å². The van der Waals surface area contributed by atoms with Crippen LogP contribution in [-0.4, -0.2) is 25.5 Å². The standard InChI is InChI=1S/C14H24N2O/c17-14(13-8-11-1-2-12(13)7-11)16-6-4-10-3-5-15-9-10/h10-13,15H,1-9H2,(H,16,17). The van der Waals surface area contributed by atoms with Crippen molar-refractivity contribution in [1.29, 1.82) is 0 Å². The zero-order chi connectivity index (χ0) is 11.7. The Bertz CT molecular complexity index is 286. The van der Waals surface area contributed by atoms with Crippen molar-refractivity contribution in [3.8, 4) is 0 Å². The fourth-order valence-corrected chi connectivity index (χ4v) is 4.06. The molecule has 0 aromatic rings. The van der Waals surface area contributed by atoms with Gasteiger partial charge < -0.3 is 10.6 Å². The molecule has 17 heavy (non-hydrogen) atoms. The van der Waals surface area contributed by atoms with E-state index in [1.165, 1.54) is 32.1 Å². The van der Waals surface area contributed by atoms with Crippen LogP contribution in [0.3, 0.4) is 0 Å². The van der Waals surface area contributed by atoms with Crippen LogP contribution in [0.2, 0.25) is 0 Å². The van der Waals surface area contributed by atoms with Crippen LogP contribution in [0.1, 0.15) is 38.5 Å². The van der Waals surface area contributed by atoms with Gasteiger partial charge in [0.15, 0.2) is 0 Å². The van der Waals surface area contributed by atoms with Gasteiger partial charge in [0, 0.05) is 12.5 Å². The van der Waals surface area contributed by atoms with Gasteiger partial charge in [-0.3, -0.25) is 4.79 Å². The number of nitrogens with one attached hydrogen (secondary N) is 2. The smallest absolute Gasteiger partial charge is 0.223 e. The summed E-state index contributed by atoms with van der Waals surface area (Å²) in [6, 6.07) is 0. The second-order valence-corrected chi connectivity index (χ2v) is 6.22. The Balaban J connectivity index is 1.38. The van der Waals surface area contributed by atoms with Gasteiger partial charge in [0.1, 0.15) is 0 Å². The van der Waals surface area contributed by atoms with Crippen LogP contribution in [0.4, 0.5) is 0 Å². The van der Waals surface area contributed by atoms with E-state index in [1.54, 1.807) is 0 Å². The molecule has 0 spiro atoms. The summed E-state index contributed by atoms with van der Waals surface area (Å²) in [5.41, 5.74) is 0. The molecule has 3 aliphatic rings. The summed E-state index contributed by atoms with van der Waals surface area (Å²) >= 11 is 0. The van der Waals surface area contributed by atoms with Crippen LogP contribution >= 0.6 is 0 Å². The lowest BCUT2D eigenvalue weighted by Gasteiger charge is -2.21. The van der Waals surface area contributed by atoms with Crippen molar-refractivity contribution < 1.29 is 4.79 Å². The van der Waals surface area contributed by atoms with Crippen LogP contribution in [0, 0.1) is 23.7 Å². The van der Waals surface area contributed by atoms with E-state index >= 15 is 0 Å². The summed E-state index contributed by atoms with van der Waals surface area (Å²) < 4.78 is 0. The molecule has 1 amide bonds. The van der Waals surface area contributed by atoms with E-state index in [-0.39, 0.29) is 0 Å². The molecule has 3 heteroatoms. The predicted molar refractivity (Wildman–Crippen MR) is 67.5 cm³/mol. The highest BCUT2D eigenvalue weighted by atomic mass is 16.1. The van der Waals surface area contributed by atoms with Crippen LogP contribution < -0.4 is 10.6 Å². The van der Waals surface area contributed by atoms with Gasteiger partial charge in [-0.15, -0.1) is 0 Å². The van der Waals surface area contributed by atoms with Crippen molar-refractivity contribution in [3.05, 3.63) is 0 Å². The van der Waals surface area contributed by atoms with Crippen molar-refractivity contribution >= 4 is 5.91 Å². The van der Waals surface area contributed by atoms with Gasteiger partial charge in [-0.1, -0.05) is 6.42 Å². The highest BCUT2D eigenvalue weighted by Gasteiger charge is 2.42. The molecule has 2 N–H and O–H groups in total. The molecule has 3 fully saturated rings. The van der Waals surface area contributed by atoms with E-state index in [0.717, 1.165) is 37.9 Å². The molecule has 1 aliphatic heterocycles. The fourth-order valence-electron chi connectivity index (χ4n) is 4.06. The van der Waals surface area contributed by atoms with Gasteiger partial charge in [-0.05, 0) is 62.9 Å². The van der Waals surface area contributed by atoms with Crippen molar-refractivity contribution in [3.63, 3.8) is 0 Å². The number of fused-ring (bicyclic) bond motifs is 2. The third kappa shape index (κ3) is 2.49. The maximum atomic E-state index is 12.1. The normalized spacial score (nSPS) is 39.8. The summed E-state index contributed by atoms with van der Waals surface area (Å²) in [5, 5.41) is 6.54. The summed E-state index contributed by atoms with van der Waals surface area (Å²) in [5.74, 6) is 3.08. The monoisotopic (exact) mass is 236 g/mol. The summed E-state index contributed by atoms with van der Waals surface area (Å²) in [4.78, 5) is 12.1. The minimum atomic E-state index is 0.350. The van der Waals surface area contributed by atoms with E-state index in [9.17, 15) is 4.79 Å². The Kier molecular flexibility index (Phi) is 3.37. The Morgan fingerprint density at radius 3 is 2.82 bits per heavy atom. The van der Waals surface area contributed by atoms with Gasteiger partial charge >= 0.3 is 0 Å². The average molecular weight is 236 g/mol. The zero-order valence-electron chi connectivity index (χ0n) is 10.6. The minimum Gasteiger partial charge on any atom is -0.356 e. The zero-order valence-corrected chi connectivity index (χ0v) is 10.6. The molecule has 3 rings (SSSR count). The number of rotatable bonds is 4. The third-order valence-electron chi connectivity index (χ3n) is 5.09. The van der Waals surface area contributed by atoms with Crippen LogP contribution in [0.5, 0.6) is 0 Å². The van der Waals surface area contributed by atoms with Gasteiger partial charge in [-0.2, -0.15) is 0 Å². The molecule has 2 saturated carbocycles. The fraction of sp³-hybridized carbons (Fsp3) is 0.929. The number of carbonyl (C=O) groups is 1. The summed E-state index contributed by atoms with van der Waals surface area (Å²) in [6.45, 7) is 3.19. The van der Waals surface area contributed by atoms with Crippen molar-refractivity contribution in [1.82, 2.24) is 10.6 Å². The number of hydrogen-bond acceptors (Lipinski definition) is 2. The minimum absolute atomic E-state index is 0.350. The molecular formula is C14H24N2O. The molecule has 3 nitrogen and oxygen atoms in total. The predicted octanol–water partition coefficient (Wildman–Crippen LogP) is 1.54. The molecule has 96 valence electrons.